The number of nitrogens with zero attached hydrogens (tertiary/aromatic N) is 1. The molecule has 0 unspecified atom stereocenters. The summed E-state index contributed by atoms with van der Waals surface area (Å²) in [6, 6.07) is 0. The fourth-order valence-electron chi connectivity index (χ4n) is 1.13. The molecule has 1 aliphatic heterocycles. The van der Waals surface area contributed by atoms with Gasteiger partial charge in [-0.1, -0.05) is 11.6 Å². The van der Waals surface area contributed by atoms with Gasteiger partial charge in [-0.15, -0.1) is 0 Å². The van der Waals surface area contributed by atoms with E-state index in [1.165, 1.54) is 5.57 Å². The van der Waals surface area contributed by atoms with Crippen molar-refractivity contribution in [2.75, 3.05) is 13.6 Å². The molecule has 1 aliphatic rings. The van der Waals surface area contributed by atoms with Crippen LogP contribution in [0.2, 0.25) is 0 Å². The average molecular weight is 151 g/mol. The second-order valence-electron chi connectivity index (χ2n) is 2.91. The van der Waals surface area contributed by atoms with Gasteiger partial charge in [-0.2, -0.15) is 0 Å². The number of hydrogen-bond donors (Lipinski definition) is 0. The highest BCUT2D eigenvalue weighted by atomic mass is 16.1. The van der Waals surface area contributed by atoms with Crippen LogP contribution in [0.1, 0.15) is 13.8 Å². The van der Waals surface area contributed by atoms with E-state index in [9.17, 15) is 4.79 Å². The zero-order valence-electron chi connectivity index (χ0n) is 7.22. The number of carbonyl (C=O) groups excluding carboxylic acids is 1. The molecule has 2 nitrogen and oxygen atoms in total. The highest BCUT2D eigenvalue weighted by molar-refractivity contribution is 5.93. The van der Waals surface area contributed by atoms with Crippen LogP contribution in [-0.2, 0) is 4.79 Å². The molecule has 0 atom stereocenters. The van der Waals surface area contributed by atoms with Crippen molar-refractivity contribution in [1.82, 2.24) is 4.90 Å². The quantitative estimate of drug-likeness (QED) is 0.564. The second kappa shape index (κ2) is 2.91. The molecule has 0 saturated carbocycles. The minimum absolute atomic E-state index is 0.139. The van der Waals surface area contributed by atoms with Gasteiger partial charge >= 0.3 is 0 Å². The van der Waals surface area contributed by atoms with Gasteiger partial charge in [-0.3, -0.25) is 4.79 Å². The van der Waals surface area contributed by atoms with Crippen LogP contribution in [0.3, 0.4) is 0 Å². The van der Waals surface area contributed by atoms with E-state index in [-0.39, 0.29) is 5.78 Å². The number of Topliss-reactive ketones (excluding diaryl/α,β-unsaturated/α-hetero) is 1. The van der Waals surface area contributed by atoms with Crippen molar-refractivity contribution in [2.45, 2.75) is 13.8 Å². The number of allylic oxidation sites excluding steroid dienone is 3. The van der Waals surface area contributed by atoms with Crippen molar-refractivity contribution in [3.8, 4) is 0 Å². The molecule has 0 aromatic heterocycles. The third-order valence-corrected chi connectivity index (χ3v) is 1.82. The van der Waals surface area contributed by atoms with E-state index in [1.54, 1.807) is 6.92 Å². The summed E-state index contributed by atoms with van der Waals surface area (Å²) in [5.41, 5.74) is 1.98. The van der Waals surface area contributed by atoms with Crippen LogP contribution in [0.25, 0.3) is 0 Å². The van der Waals surface area contributed by atoms with E-state index in [2.05, 4.69) is 6.08 Å². The molecule has 60 valence electrons. The molecule has 0 aliphatic carbocycles. The monoisotopic (exact) mass is 151 g/mol. The summed E-state index contributed by atoms with van der Waals surface area (Å²) in [7, 11) is 1.93. The lowest BCUT2D eigenvalue weighted by Crippen LogP contribution is -2.24. The van der Waals surface area contributed by atoms with Crippen LogP contribution in [0.5, 0.6) is 0 Å². The molecular formula is C9H13NO. The first kappa shape index (κ1) is 8.05. The fraction of sp³-hybridized carbons (Fsp3) is 0.444. The summed E-state index contributed by atoms with van der Waals surface area (Å²) in [5, 5.41) is 0. The molecule has 0 aromatic carbocycles. The zero-order chi connectivity index (χ0) is 8.43. The lowest BCUT2D eigenvalue weighted by atomic mass is 10.1. The van der Waals surface area contributed by atoms with E-state index in [0.29, 0.717) is 0 Å². The smallest absolute Gasteiger partial charge is 0.175 e. The predicted molar refractivity (Wildman–Crippen MR) is 45.2 cm³/mol. The molecule has 0 amide bonds. The lowest BCUT2D eigenvalue weighted by Gasteiger charge is -2.22. The van der Waals surface area contributed by atoms with Crippen LogP contribution < -0.4 is 0 Å². The average Bonchev–Trinajstić information content (AvgIpc) is 1.94. The largest absolute Gasteiger partial charge is 0.368 e. The van der Waals surface area contributed by atoms with Crippen LogP contribution >= 0.6 is 0 Å². The number of rotatable bonds is 1. The van der Waals surface area contributed by atoms with Crippen molar-refractivity contribution in [1.29, 1.82) is 0 Å². The maximum atomic E-state index is 11.0. The Hall–Kier alpha value is -1.05. The van der Waals surface area contributed by atoms with E-state index in [0.717, 1.165) is 12.2 Å². The second-order valence-corrected chi connectivity index (χ2v) is 2.91. The summed E-state index contributed by atoms with van der Waals surface area (Å²) >= 11 is 0. The zero-order valence-corrected chi connectivity index (χ0v) is 7.22. The molecule has 0 spiro atoms. The molecule has 0 N–H and O–H groups in total. The third kappa shape index (κ3) is 1.70. The number of carbonyl (C=O) groups is 1. The lowest BCUT2D eigenvalue weighted by molar-refractivity contribution is -0.114. The predicted octanol–water partition coefficient (Wildman–Crippen LogP) is 1.35. The summed E-state index contributed by atoms with van der Waals surface area (Å²) in [6.45, 7) is 4.45. The SMILES string of the molecule is CC(=O)C1=CC(C)=CCN1C. The molecule has 2 heteroatoms. The molecule has 0 radical (unpaired) electrons. The maximum absolute atomic E-state index is 11.0. The van der Waals surface area contributed by atoms with Crippen molar-refractivity contribution in [3.63, 3.8) is 0 Å². The standard InChI is InChI=1S/C9H13NO/c1-7-4-5-10(3)9(6-7)8(2)11/h4,6H,5H2,1-3H3. The first-order valence-corrected chi connectivity index (χ1v) is 3.72. The molecule has 0 fully saturated rings. The van der Waals surface area contributed by atoms with Gasteiger partial charge in [0, 0.05) is 20.5 Å². The fourth-order valence-corrected chi connectivity index (χ4v) is 1.13. The number of likely N-dealkylation sites (N-methyl/N-ethyl adjacent to an activating group) is 1. The third-order valence-electron chi connectivity index (χ3n) is 1.82. The Kier molecular flexibility index (Phi) is 2.13. The normalized spacial score (nSPS) is 17.5. The van der Waals surface area contributed by atoms with Gasteiger partial charge in [0.2, 0.25) is 0 Å². The van der Waals surface area contributed by atoms with Crippen LogP contribution in [0.15, 0.2) is 23.4 Å². The van der Waals surface area contributed by atoms with E-state index in [4.69, 9.17) is 0 Å². The Bertz CT molecular complexity index is 238. The van der Waals surface area contributed by atoms with Gasteiger partial charge in [0.15, 0.2) is 5.78 Å². The number of ketones is 1. The van der Waals surface area contributed by atoms with E-state index >= 15 is 0 Å². The Balaban J connectivity index is 2.90. The minimum atomic E-state index is 0.139. The van der Waals surface area contributed by atoms with Gasteiger partial charge in [0.1, 0.15) is 0 Å². The molecule has 0 bridgehead atoms. The Labute approximate surface area is 67.2 Å². The number of hydrogen-bond acceptors (Lipinski definition) is 2. The summed E-state index contributed by atoms with van der Waals surface area (Å²) in [5.74, 6) is 0.139. The Morgan fingerprint density at radius 1 is 1.64 bits per heavy atom. The summed E-state index contributed by atoms with van der Waals surface area (Å²) in [6.07, 6.45) is 4.03. The van der Waals surface area contributed by atoms with Crippen molar-refractivity contribution in [3.05, 3.63) is 23.4 Å². The summed E-state index contributed by atoms with van der Waals surface area (Å²) < 4.78 is 0. The first-order valence-electron chi connectivity index (χ1n) is 3.72. The van der Waals surface area contributed by atoms with Crippen molar-refractivity contribution in [2.24, 2.45) is 0 Å². The summed E-state index contributed by atoms with van der Waals surface area (Å²) in [4.78, 5) is 13.0. The van der Waals surface area contributed by atoms with Crippen molar-refractivity contribution >= 4 is 5.78 Å². The minimum Gasteiger partial charge on any atom is -0.368 e. The van der Waals surface area contributed by atoms with Crippen LogP contribution in [0.4, 0.5) is 0 Å². The van der Waals surface area contributed by atoms with Gasteiger partial charge in [0.25, 0.3) is 0 Å². The van der Waals surface area contributed by atoms with E-state index < -0.39 is 0 Å². The molecule has 0 saturated heterocycles. The van der Waals surface area contributed by atoms with Crippen molar-refractivity contribution < 1.29 is 4.79 Å². The Morgan fingerprint density at radius 3 is 2.73 bits per heavy atom. The first-order chi connectivity index (χ1) is 5.11. The molecule has 1 rings (SSSR count). The molecule has 11 heavy (non-hydrogen) atoms. The van der Waals surface area contributed by atoms with Crippen LogP contribution in [0, 0.1) is 0 Å². The van der Waals surface area contributed by atoms with Gasteiger partial charge in [-0.05, 0) is 13.0 Å². The van der Waals surface area contributed by atoms with Crippen LogP contribution in [-0.4, -0.2) is 24.3 Å². The maximum Gasteiger partial charge on any atom is 0.175 e. The van der Waals surface area contributed by atoms with Gasteiger partial charge in [-0.25, -0.2) is 0 Å². The van der Waals surface area contributed by atoms with Gasteiger partial charge in [0.05, 0.1) is 5.70 Å². The van der Waals surface area contributed by atoms with E-state index in [1.807, 2.05) is 24.9 Å². The highest BCUT2D eigenvalue weighted by Crippen LogP contribution is 2.12. The molecule has 0 aromatic rings. The highest BCUT2D eigenvalue weighted by Gasteiger charge is 2.11. The molecular weight excluding hydrogens is 138 g/mol. The molecule has 1 heterocycles. The topological polar surface area (TPSA) is 20.3 Å². The Morgan fingerprint density at radius 2 is 2.27 bits per heavy atom. The van der Waals surface area contributed by atoms with Gasteiger partial charge < -0.3 is 4.90 Å².